The Morgan fingerprint density at radius 2 is 2.18 bits per heavy atom. The number of hydroxylamine groups is 1. The average Bonchev–Trinajstić information content (AvgIpc) is 2.97. The van der Waals surface area contributed by atoms with Gasteiger partial charge in [0.1, 0.15) is 6.04 Å². The third kappa shape index (κ3) is 5.13. The Kier molecular flexibility index (Phi) is 6.96. The fourth-order valence-electron chi connectivity index (χ4n) is 3.06. The van der Waals surface area contributed by atoms with Crippen molar-refractivity contribution in [1.82, 2.24) is 15.5 Å². The van der Waals surface area contributed by atoms with Gasteiger partial charge in [0, 0.05) is 31.1 Å². The van der Waals surface area contributed by atoms with E-state index in [2.05, 4.69) is 18.4 Å². The van der Waals surface area contributed by atoms with E-state index in [1.807, 2.05) is 4.90 Å². The van der Waals surface area contributed by atoms with E-state index in [0.29, 0.717) is 30.6 Å². The number of hydrogen-bond acceptors (Lipinski definition) is 6. The van der Waals surface area contributed by atoms with Crippen molar-refractivity contribution in [2.24, 2.45) is 11.8 Å². The molecule has 7 heteroatoms. The van der Waals surface area contributed by atoms with Gasteiger partial charge in [0.15, 0.2) is 0 Å². The highest BCUT2D eigenvalue weighted by Gasteiger charge is 2.24. The van der Waals surface area contributed by atoms with Gasteiger partial charge in [0.25, 0.3) is 0 Å². The van der Waals surface area contributed by atoms with Crippen LogP contribution in [0.2, 0.25) is 0 Å². The molecule has 6 nitrogen and oxygen atoms in total. The number of carbonyl (C=O) groups excluding carboxylic acids is 1. The third-order valence-electron chi connectivity index (χ3n) is 4.60. The molecule has 2 aliphatic rings. The van der Waals surface area contributed by atoms with Crippen molar-refractivity contribution < 1.29 is 4.79 Å². The molecule has 1 unspecified atom stereocenters. The van der Waals surface area contributed by atoms with E-state index in [0.717, 1.165) is 43.2 Å². The molecular weight excluding hydrogens is 300 g/mol. The first kappa shape index (κ1) is 17.5. The Bertz CT molecular complexity index is 407. The van der Waals surface area contributed by atoms with Crippen LogP contribution in [0.25, 0.3) is 0 Å². The summed E-state index contributed by atoms with van der Waals surface area (Å²) >= 11 is 1.72. The molecule has 2 fully saturated rings. The van der Waals surface area contributed by atoms with Gasteiger partial charge in [-0.25, -0.2) is 5.43 Å². The van der Waals surface area contributed by atoms with E-state index in [1.165, 1.54) is 0 Å². The molecular formula is C15H25N4O2S-. The minimum atomic E-state index is -0.368. The predicted molar refractivity (Wildman–Crippen MR) is 87.4 cm³/mol. The molecule has 1 aliphatic carbocycles. The minimum Gasteiger partial charge on any atom is -0.741 e. The summed E-state index contributed by atoms with van der Waals surface area (Å²) in [4.78, 5) is 13.9. The van der Waals surface area contributed by atoms with Gasteiger partial charge in [0.05, 0.1) is 6.07 Å². The second-order valence-electron chi connectivity index (χ2n) is 6.38. The van der Waals surface area contributed by atoms with Crippen molar-refractivity contribution in [3.63, 3.8) is 0 Å². The lowest BCUT2D eigenvalue weighted by atomic mass is 9.81. The van der Waals surface area contributed by atoms with Crippen molar-refractivity contribution >= 4 is 17.7 Å². The van der Waals surface area contributed by atoms with Gasteiger partial charge in [-0.2, -0.15) is 5.26 Å². The molecule has 1 saturated carbocycles. The number of thioether (sulfide) groups is 1. The molecule has 1 amide bonds. The quantitative estimate of drug-likeness (QED) is 0.751. The highest BCUT2D eigenvalue weighted by atomic mass is 32.2. The van der Waals surface area contributed by atoms with Crippen LogP contribution in [0.1, 0.15) is 39.0 Å². The number of rotatable bonds is 6. The van der Waals surface area contributed by atoms with Crippen molar-refractivity contribution in [1.29, 1.82) is 5.26 Å². The SMILES string of the molecule is CC1CCC(CC(=O)N([O-])NCCN2CSCC2C#N)CC1. The van der Waals surface area contributed by atoms with Gasteiger partial charge in [-0.1, -0.05) is 19.8 Å². The van der Waals surface area contributed by atoms with Gasteiger partial charge in [-0.3, -0.25) is 9.69 Å². The zero-order chi connectivity index (χ0) is 15.9. The lowest BCUT2D eigenvalue weighted by Gasteiger charge is -2.33. The highest BCUT2D eigenvalue weighted by Crippen LogP contribution is 2.30. The van der Waals surface area contributed by atoms with E-state index in [1.54, 1.807) is 11.8 Å². The van der Waals surface area contributed by atoms with Gasteiger partial charge in [0.2, 0.25) is 5.91 Å². The topological polar surface area (TPSA) is 82.4 Å². The summed E-state index contributed by atoms with van der Waals surface area (Å²) in [6.07, 6.45) is 4.77. The lowest BCUT2D eigenvalue weighted by Crippen LogP contribution is -2.44. The Morgan fingerprint density at radius 1 is 1.45 bits per heavy atom. The molecule has 0 bridgehead atoms. The number of nitrogens with zero attached hydrogens (tertiary/aromatic N) is 3. The smallest absolute Gasteiger partial charge is 0.226 e. The first-order valence-electron chi connectivity index (χ1n) is 8.05. The third-order valence-corrected chi connectivity index (χ3v) is 5.67. The van der Waals surface area contributed by atoms with Crippen LogP contribution in [0, 0.1) is 28.4 Å². The van der Waals surface area contributed by atoms with E-state index < -0.39 is 0 Å². The normalized spacial score (nSPS) is 29.2. The van der Waals surface area contributed by atoms with Crippen molar-refractivity contribution in [3.05, 3.63) is 5.21 Å². The monoisotopic (exact) mass is 325 g/mol. The fraction of sp³-hybridized carbons (Fsp3) is 0.867. The fourth-order valence-corrected chi connectivity index (χ4v) is 4.22. The minimum absolute atomic E-state index is 0.0770. The first-order valence-corrected chi connectivity index (χ1v) is 9.20. The van der Waals surface area contributed by atoms with Crippen molar-refractivity contribution in [2.45, 2.75) is 45.1 Å². The number of hydrogen-bond donors (Lipinski definition) is 1. The molecule has 1 aliphatic heterocycles. The van der Waals surface area contributed by atoms with E-state index in [9.17, 15) is 10.0 Å². The largest absolute Gasteiger partial charge is 0.741 e. The standard InChI is InChI=1S/C15H25N4O2S/c1-12-2-4-13(5-3-12)8-15(20)19(21)17-6-7-18-11-22-10-14(18)9-16/h12-14,17H,2-8,10-11H2,1H3/q-1. The maximum Gasteiger partial charge on any atom is 0.226 e. The molecule has 0 aromatic heterocycles. The van der Waals surface area contributed by atoms with Gasteiger partial charge >= 0.3 is 0 Å². The van der Waals surface area contributed by atoms with Crippen LogP contribution in [-0.4, -0.2) is 46.7 Å². The van der Waals surface area contributed by atoms with Gasteiger partial charge < -0.3 is 10.4 Å². The predicted octanol–water partition coefficient (Wildman–Crippen LogP) is 1.93. The van der Waals surface area contributed by atoms with Crippen LogP contribution in [-0.2, 0) is 4.79 Å². The maximum absolute atomic E-state index is 11.9. The van der Waals surface area contributed by atoms with E-state index in [-0.39, 0.29) is 11.9 Å². The average molecular weight is 325 g/mol. The van der Waals surface area contributed by atoms with Crippen LogP contribution < -0.4 is 5.43 Å². The molecule has 124 valence electrons. The molecule has 0 spiro atoms. The Labute approximate surface area is 136 Å². The molecule has 0 aromatic carbocycles. The summed E-state index contributed by atoms with van der Waals surface area (Å²) in [7, 11) is 0. The Morgan fingerprint density at radius 3 is 2.86 bits per heavy atom. The Hall–Kier alpha value is -0.810. The van der Waals surface area contributed by atoms with Crippen LogP contribution in [0.15, 0.2) is 0 Å². The summed E-state index contributed by atoms with van der Waals surface area (Å²) in [6, 6.07) is 2.17. The first-order chi connectivity index (χ1) is 10.6. The molecule has 0 aromatic rings. The van der Waals surface area contributed by atoms with E-state index >= 15 is 0 Å². The summed E-state index contributed by atoms with van der Waals surface area (Å²) in [5.74, 6) is 2.37. The Balaban J connectivity index is 1.63. The zero-order valence-corrected chi connectivity index (χ0v) is 14.0. The number of nitrogens with one attached hydrogen (secondary N) is 1. The second kappa shape index (κ2) is 8.73. The van der Waals surface area contributed by atoms with Gasteiger partial charge in [-0.05, 0) is 24.7 Å². The summed E-state index contributed by atoms with van der Waals surface area (Å²) in [5.41, 5.74) is 2.62. The lowest BCUT2D eigenvalue weighted by molar-refractivity contribution is -0.132. The summed E-state index contributed by atoms with van der Waals surface area (Å²) < 4.78 is 0. The number of nitriles is 1. The van der Waals surface area contributed by atoms with Crippen molar-refractivity contribution in [2.75, 3.05) is 24.7 Å². The van der Waals surface area contributed by atoms with Crippen LogP contribution in [0.5, 0.6) is 0 Å². The number of carbonyl (C=O) groups is 1. The van der Waals surface area contributed by atoms with Crippen LogP contribution >= 0.6 is 11.8 Å². The van der Waals surface area contributed by atoms with Crippen LogP contribution in [0.4, 0.5) is 0 Å². The maximum atomic E-state index is 11.9. The molecule has 22 heavy (non-hydrogen) atoms. The summed E-state index contributed by atoms with van der Waals surface area (Å²) in [5, 5.41) is 21.1. The molecule has 1 N–H and O–H groups in total. The number of amides is 1. The second-order valence-corrected chi connectivity index (χ2v) is 7.38. The van der Waals surface area contributed by atoms with Gasteiger partial charge in [-0.15, -0.1) is 11.8 Å². The molecule has 0 radical (unpaired) electrons. The summed E-state index contributed by atoms with van der Waals surface area (Å²) in [6.45, 7) is 3.25. The molecule has 1 heterocycles. The zero-order valence-electron chi connectivity index (χ0n) is 13.2. The van der Waals surface area contributed by atoms with Crippen molar-refractivity contribution in [3.8, 4) is 6.07 Å². The van der Waals surface area contributed by atoms with Crippen LogP contribution in [0.3, 0.4) is 0 Å². The highest BCUT2D eigenvalue weighted by molar-refractivity contribution is 7.99. The molecule has 1 atom stereocenters. The molecule has 2 rings (SSSR count). The number of hydrazine groups is 1. The molecule has 1 saturated heterocycles. The van der Waals surface area contributed by atoms with E-state index in [4.69, 9.17) is 5.26 Å².